The molecule has 0 atom stereocenters. The largest absolute Gasteiger partial charge is 0.497 e. The highest BCUT2D eigenvalue weighted by atomic mass is 32.2. The topological polar surface area (TPSA) is 177 Å². The van der Waals surface area contributed by atoms with Gasteiger partial charge < -0.3 is 30.7 Å². The van der Waals surface area contributed by atoms with Crippen LogP contribution in [0.4, 0.5) is 0 Å². The third kappa shape index (κ3) is 4.83. The van der Waals surface area contributed by atoms with Gasteiger partial charge in [-0.1, -0.05) is 0 Å². The van der Waals surface area contributed by atoms with Crippen LogP contribution in [0.5, 0.6) is 17.2 Å². The second-order valence-corrected chi connectivity index (χ2v) is 8.55. The van der Waals surface area contributed by atoms with Crippen molar-refractivity contribution in [3.8, 4) is 17.2 Å². The Balaban J connectivity index is 2.12. The Morgan fingerprint density at radius 3 is 2.32 bits per heavy atom. The van der Waals surface area contributed by atoms with Crippen LogP contribution in [-0.2, 0) is 19.4 Å². The molecule has 0 unspecified atom stereocenters. The van der Waals surface area contributed by atoms with Crippen molar-refractivity contribution in [2.45, 2.75) is 14.9 Å². The molecule has 0 aliphatic rings. The zero-order valence-corrected chi connectivity index (χ0v) is 17.8. The standard InChI is InChI=1S/C18H18N4O7S2/c1-27-9-4-11-17(22-18(30)21-11)14(5-9)31(25,26)10-2-3-12(28-7-15(19)23)13(6-10)29-8-16(20)24/h2-6H,7-8H2,1H3,(H2,19,23)(H2,20,24)(H2,21,22,30). The van der Waals surface area contributed by atoms with E-state index in [2.05, 4.69) is 22.6 Å². The second kappa shape index (κ2) is 8.73. The van der Waals surface area contributed by atoms with Gasteiger partial charge in [-0.25, -0.2) is 13.4 Å². The molecular weight excluding hydrogens is 448 g/mol. The van der Waals surface area contributed by atoms with Crippen LogP contribution in [0.25, 0.3) is 11.0 Å². The molecule has 2 amide bonds. The van der Waals surface area contributed by atoms with Gasteiger partial charge >= 0.3 is 0 Å². The van der Waals surface area contributed by atoms with Gasteiger partial charge in [-0.05, 0) is 12.1 Å². The Kier molecular flexibility index (Phi) is 6.27. The highest BCUT2D eigenvalue weighted by molar-refractivity contribution is 7.91. The van der Waals surface area contributed by atoms with Crippen molar-refractivity contribution < 1.29 is 32.2 Å². The van der Waals surface area contributed by atoms with Gasteiger partial charge in [-0.3, -0.25) is 9.59 Å². The molecule has 0 aliphatic carbocycles. The van der Waals surface area contributed by atoms with Crippen LogP contribution in [0.2, 0.25) is 0 Å². The molecule has 3 aromatic rings. The SMILES string of the molecule is COc1cc(S(=O)(=O)c2ccc(OCC(N)=O)c(OCC(N)=O)c2)c2nc(S)[nH]c2c1. The summed E-state index contributed by atoms with van der Waals surface area (Å²) in [5.74, 6) is -1.36. The van der Waals surface area contributed by atoms with Gasteiger partial charge in [0.2, 0.25) is 9.84 Å². The van der Waals surface area contributed by atoms with Crippen molar-refractivity contribution >= 4 is 45.3 Å². The number of amides is 2. The highest BCUT2D eigenvalue weighted by Gasteiger charge is 2.25. The number of nitrogens with one attached hydrogen (secondary N) is 1. The van der Waals surface area contributed by atoms with Crippen LogP contribution in [0.1, 0.15) is 0 Å². The first-order valence-electron chi connectivity index (χ1n) is 8.60. The van der Waals surface area contributed by atoms with Crippen LogP contribution >= 0.6 is 12.6 Å². The number of primary amides is 2. The Labute approximate surface area is 182 Å². The maximum Gasteiger partial charge on any atom is 0.255 e. The number of methoxy groups -OCH3 is 1. The van der Waals surface area contributed by atoms with E-state index in [-0.39, 0.29) is 37.7 Å². The van der Waals surface area contributed by atoms with Gasteiger partial charge in [0, 0.05) is 18.2 Å². The number of hydrogen-bond acceptors (Lipinski definition) is 9. The fourth-order valence-electron chi connectivity index (χ4n) is 2.68. The van der Waals surface area contributed by atoms with Crippen LogP contribution in [-0.4, -0.2) is 50.5 Å². The number of nitrogens with two attached hydrogens (primary N) is 2. The average molecular weight is 466 g/mol. The van der Waals surface area contributed by atoms with Crippen molar-refractivity contribution in [3.05, 3.63) is 30.3 Å². The Bertz CT molecular complexity index is 1270. The predicted molar refractivity (Wildman–Crippen MR) is 111 cm³/mol. The normalized spacial score (nSPS) is 11.3. The quantitative estimate of drug-likeness (QED) is 0.328. The first-order valence-corrected chi connectivity index (χ1v) is 10.5. The lowest BCUT2D eigenvalue weighted by Crippen LogP contribution is -2.22. The van der Waals surface area contributed by atoms with Crippen LogP contribution in [0.15, 0.2) is 45.3 Å². The Hall–Kier alpha value is -3.45. The molecule has 31 heavy (non-hydrogen) atoms. The number of carbonyl (C=O) groups is 2. The minimum atomic E-state index is -4.13. The van der Waals surface area contributed by atoms with Crippen molar-refractivity contribution in [1.82, 2.24) is 9.97 Å². The number of benzene rings is 2. The molecular formula is C18H18N4O7S2. The number of rotatable bonds is 9. The minimum Gasteiger partial charge on any atom is -0.497 e. The summed E-state index contributed by atoms with van der Waals surface area (Å²) in [4.78, 5) is 28.8. The molecule has 11 nitrogen and oxygen atoms in total. The fraction of sp³-hybridized carbons (Fsp3) is 0.167. The summed E-state index contributed by atoms with van der Waals surface area (Å²) < 4.78 is 42.5. The second-order valence-electron chi connectivity index (χ2n) is 6.20. The van der Waals surface area contributed by atoms with Crippen molar-refractivity contribution in [2.75, 3.05) is 20.3 Å². The van der Waals surface area contributed by atoms with E-state index in [0.29, 0.717) is 5.52 Å². The van der Waals surface area contributed by atoms with Gasteiger partial charge in [0.1, 0.15) is 16.2 Å². The molecule has 5 N–H and O–H groups in total. The van der Waals surface area contributed by atoms with E-state index < -0.39 is 34.9 Å². The zero-order valence-electron chi connectivity index (χ0n) is 16.1. The van der Waals surface area contributed by atoms with Gasteiger partial charge in [0.25, 0.3) is 11.8 Å². The molecule has 0 saturated carbocycles. The molecule has 3 rings (SSSR count). The van der Waals surface area contributed by atoms with E-state index in [1.807, 2.05) is 0 Å². The molecule has 0 saturated heterocycles. The lowest BCUT2D eigenvalue weighted by atomic mass is 10.3. The van der Waals surface area contributed by atoms with E-state index in [9.17, 15) is 18.0 Å². The van der Waals surface area contributed by atoms with Crippen molar-refractivity contribution in [1.29, 1.82) is 0 Å². The minimum absolute atomic E-state index is 0.00667. The van der Waals surface area contributed by atoms with Crippen molar-refractivity contribution in [2.24, 2.45) is 11.5 Å². The van der Waals surface area contributed by atoms with E-state index in [0.717, 1.165) is 6.07 Å². The van der Waals surface area contributed by atoms with Gasteiger partial charge in [0.05, 0.1) is 17.5 Å². The highest BCUT2D eigenvalue weighted by Crippen LogP contribution is 2.36. The number of aromatic nitrogens is 2. The molecule has 2 aromatic carbocycles. The molecule has 0 fully saturated rings. The maximum absolute atomic E-state index is 13.4. The summed E-state index contributed by atoms with van der Waals surface area (Å²) in [6, 6.07) is 6.59. The summed E-state index contributed by atoms with van der Waals surface area (Å²) in [6.45, 7) is -1.02. The number of hydrogen-bond donors (Lipinski definition) is 4. The summed E-state index contributed by atoms with van der Waals surface area (Å²) in [5, 5.41) is 0.223. The molecule has 13 heteroatoms. The number of carbonyl (C=O) groups excluding carboxylic acids is 2. The summed E-state index contributed by atoms with van der Waals surface area (Å²) in [5.41, 5.74) is 10.7. The first-order chi connectivity index (χ1) is 14.6. The first kappa shape index (κ1) is 22.2. The van der Waals surface area contributed by atoms with Gasteiger partial charge in [-0.2, -0.15) is 0 Å². The Morgan fingerprint density at radius 1 is 1.06 bits per heavy atom. The maximum atomic E-state index is 13.4. The van der Waals surface area contributed by atoms with E-state index in [1.165, 1.54) is 25.3 Å². The number of fused-ring (bicyclic) bond motifs is 1. The van der Waals surface area contributed by atoms with Gasteiger partial charge in [0.15, 0.2) is 29.9 Å². The summed E-state index contributed by atoms with van der Waals surface area (Å²) in [6.07, 6.45) is 0. The number of nitrogens with zero attached hydrogens (tertiary/aromatic N) is 1. The monoisotopic (exact) mass is 466 g/mol. The number of sulfone groups is 1. The molecule has 164 valence electrons. The summed E-state index contributed by atoms with van der Waals surface area (Å²) >= 11 is 4.13. The summed E-state index contributed by atoms with van der Waals surface area (Å²) in [7, 11) is -2.73. The fourth-order valence-corrected chi connectivity index (χ4v) is 4.35. The average Bonchev–Trinajstić information content (AvgIpc) is 3.09. The lowest BCUT2D eigenvalue weighted by molar-refractivity contribution is -0.121. The lowest BCUT2D eigenvalue weighted by Gasteiger charge is -2.13. The zero-order chi connectivity index (χ0) is 22.8. The molecule has 0 spiro atoms. The van der Waals surface area contributed by atoms with E-state index in [1.54, 1.807) is 6.07 Å². The molecule has 0 radical (unpaired) electrons. The molecule has 1 heterocycles. The molecule has 0 aliphatic heterocycles. The molecule has 1 aromatic heterocycles. The van der Waals surface area contributed by atoms with Crippen LogP contribution in [0, 0.1) is 0 Å². The third-order valence-corrected chi connectivity index (χ3v) is 5.98. The number of thiol groups is 1. The van der Waals surface area contributed by atoms with Gasteiger partial charge in [-0.15, -0.1) is 12.6 Å². The molecule has 0 bridgehead atoms. The van der Waals surface area contributed by atoms with Crippen molar-refractivity contribution in [3.63, 3.8) is 0 Å². The van der Waals surface area contributed by atoms with E-state index >= 15 is 0 Å². The Morgan fingerprint density at radius 2 is 1.71 bits per heavy atom. The van der Waals surface area contributed by atoms with Crippen LogP contribution in [0.3, 0.4) is 0 Å². The van der Waals surface area contributed by atoms with E-state index in [4.69, 9.17) is 25.7 Å². The number of imidazole rings is 1. The number of ether oxygens (including phenoxy) is 3. The number of aromatic amines is 1. The smallest absolute Gasteiger partial charge is 0.255 e. The predicted octanol–water partition coefficient (Wildman–Crippen LogP) is 0.421. The number of H-pyrrole nitrogens is 1. The third-order valence-electron chi connectivity index (χ3n) is 4.00. The van der Waals surface area contributed by atoms with Crippen LogP contribution < -0.4 is 25.7 Å².